The number of carbonyl (C=O) groups excluding carboxylic acids is 1. The Balaban J connectivity index is 2.69. The highest BCUT2D eigenvalue weighted by molar-refractivity contribution is 6.03. The molecule has 18 heavy (non-hydrogen) atoms. The average Bonchev–Trinajstić information content (AvgIpc) is 2.39. The van der Waals surface area contributed by atoms with E-state index in [0.29, 0.717) is 12.0 Å². The summed E-state index contributed by atoms with van der Waals surface area (Å²) in [6.45, 7) is 3.45. The van der Waals surface area contributed by atoms with Crippen molar-refractivity contribution in [3.63, 3.8) is 0 Å². The zero-order chi connectivity index (χ0) is 13.1. The number of hydrogen-bond acceptors (Lipinski definition) is 2. The second-order valence-corrected chi connectivity index (χ2v) is 4.27. The van der Waals surface area contributed by atoms with E-state index in [0.717, 1.165) is 16.7 Å². The lowest BCUT2D eigenvalue weighted by Crippen LogP contribution is -1.99. The summed E-state index contributed by atoms with van der Waals surface area (Å²) < 4.78 is 0. The van der Waals surface area contributed by atoms with Crippen LogP contribution in [-0.2, 0) is 6.42 Å². The Labute approximate surface area is 107 Å². The zero-order valence-electron chi connectivity index (χ0n) is 10.6. The van der Waals surface area contributed by atoms with Crippen molar-refractivity contribution in [3.8, 4) is 16.9 Å². The van der Waals surface area contributed by atoms with Gasteiger partial charge in [-0.2, -0.15) is 0 Å². The molecule has 0 fully saturated rings. The minimum atomic E-state index is -0.110. The molecule has 1 N–H and O–H groups in total. The molecule has 0 heterocycles. The van der Waals surface area contributed by atoms with Gasteiger partial charge in [0.15, 0.2) is 5.78 Å². The van der Waals surface area contributed by atoms with E-state index in [-0.39, 0.29) is 11.5 Å². The summed E-state index contributed by atoms with van der Waals surface area (Å²) in [5.74, 6) is 0.00741. The standard InChI is InChI=1S/C16H16O2/c1-3-12-9-10-14(13-7-5-4-6-8-13)15(11(2)17)16(12)18/h4-10,18H,3H2,1-2H3. The predicted molar refractivity (Wildman–Crippen MR) is 72.9 cm³/mol. The van der Waals surface area contributed by atoms with Crippen molar-refractivity contribution in [2.24, 2.45) is 0 Å². The molecule has 0 spiro atoms. The number of phenols is 1. The number of phenolic OH excluding ortho intramolecular Hbond substituents is 1. The maximum Gasteiger partial charge on any atom is 0.164 e. The zero-order valence-corrected chi connectivity index (χ0v) is 10.6. The van der Waals surface area contributed by atoms with Crippen molar-refractivity contribution in [1.29, 1.82) is 0 Å². The summed E-state index contributed by atoms with van der Waals surface area (Å²) in [5.41, 5.74) is 2.96. The number of aryl methyl sites for hydroxylation is 1. The molecule has 0 aromatic heterocycles. The molecule has 0 saturated carbocycles. The fourth-order valence-corrected chi connectivity index (χ4v) is 2.13. The van der Waals surface area contributed by atoms with Gasteiger partial charge in [-0.1, -0.05) is 49.4 Å². The van der Waals surface area contributed by atoms with Crippen molar-refractivity contribution in [2.45, 2.75) is 20.3 Å². The van der Waals surface area contributed by atoms with Crippen LogP contribution in [0.25, 0.3) is 11.1 Å². The summed E-state index contributed by atoms with van der Waals surface area (Å²) in [5, 5.41) is 10.2. The number of carbonyl (C=O) groups is 1. The summed E-state index contributed by atoms with van der Waals surface area (Å²) in [6, 6.07) is 13.4. The maximum atomic E-state index is 11.8. The summed E-state index contributed by atoms with van der Waals surface area (Å²) in [6.07, 6.45) is 0.710. The van der Waals surface area contributed by atoms with E-state index in [1.54, 1.807) is 0 Å². The van der Waals surface area contributed by atoms with Crippen molar-refractivity contribution in [1.82, 2.24) is 0 Å². The van der Waals surface area contributed by atoms with Gasteiger partial charge in [0, 0.05) is 0 Å². The maximum absolute atomic E-state index is 11.8. The van der Waals surface area contributed by atoms with E-state index < -0.39 is 0 Å². The van der Waals surface area contributed by atoms with Crippen LogP contribution in [0, 0.1) is 0 Å². The molecule has 0 unspecified atom stereocenters. The van der Waals surface area contributed by atoms with E-state index in [9.17, 15) is 9.90 Å². The number of rotatable bonds is 3. The number of aromatic hydroxyl groups is 1. The molecule has 0 aliphatic carbocycles. The van der Waals surface area contributed by atoms with Gasteiger partial charge in [-0.15, -0.1) is 0 Å². The quantitative estimate of drug-likeness (QED) is 0.828. The highest BCUT2D eigenvalue weighted by atomic mass is 16.3. The summed E-state index contributed by atoms with van der Waals surface area (Å²) in [4.78, 5) is 11.8. The third kappa shape index (κ3) is 2.14. The molecule has 0 radical (unpaired) electrons. The second-order valence-electron chi connectivity index (χ2n) is 4.27. The van der Waals surface area contributed by atoms with Crippen LogP contribution < -0.4 is 0 Å². The van der Waals surface area contributed by atoms with Gasteiger partial charge in [-0.3, -0.25) is 4.79 Å². The van der Waals surface area contributed by atoms with Crippen LogP contribution in [0.1, 0.15) is 29.8 Å². The number of hydrogen-bond donors (Lipinski definition) is 1. The molecule has 0 amide bonds. The highest BCUT2D eigenvalue weighted by Gasteiger charge is 2.16. The first-order valence-electron chi connectivity index (χ1n) is 6.06. The molecule has 2 rings (SSSR count). The van der Waals surface area contributed by atoms with E-state index in [2.05, 4.69) is 0 Å². The van der Waals surface area contributed by atoms with Gasteiger partial charge in [0.1, 0.15) is 5.75 Å². The average molecular weight is 240 g/mol. The first-order valence-corrected chi connectivity index (χ1v) is 6.06. The van der Waals surface area contributed by atoms with E-state index >= 15 is 0 Å². The van der Waals surface area contributed by atoms with Crippen LogP contribution in [0.4, 0.5) is 0 Å². The Morgan fingerprint density at radius 3 is 2.33 bits per heavy atom. The Hall–Kier alpha value is -2.09. The smallest absolute Gasteiger partial charge is 0.164 e. The second kappa shape index (κ2) is 5.05. The molecule has 2 heteroatoms. The lowest BCUT2D eigenvalue weighted by Gasteiger charge is -2.12. The topological polar surface area (TPSA) is 37.3 Å². The van der Waals surface area contributed by atoms with Crippen molar-refractivity contribution >= 4 is 5.78 Å². The fraction of sp³-hybridized carbons (Fsp3) is 0.188. The van der Waals surface area contributed by atoms with Gasteiger partial charge in [0.25, 0.3) is 0 Å². The molecule has 2 aromatic carbocycles. The predicted octanol–water partition coefficient (Wildman–Crippen LogP) is 3.82. The largest absolute Gasteiger partial charge is 0.507 e. The number of benzene rings is 2. The Morgan fingerprint density at radius 1 is 1.11 bits per heavy atom. The molecule has 0 saturated heterocycles. The molecule has 0 bridgehead atoms. The monoisotopic (exact) mass is 240 g/mol. The van der Waals surface area contributed by atoms with Gasteiger partial charge in [-0.05, 0) is 30.0 Å². The number of ketones is 1. The van der Waals surface area contributed by atoms with Crippen LogP contribution in [-0.4, -0.2) is 10.9 Å². The van der Waals surface area contributed by atoms with Gasteiger partial charge in [0.05, 0.1) is 5.56 Å². The fourth-order valence-electron chi connectivity index (χ4n) is 2.13. The Kier molecular flexibility index (Phi) is 3.47. The molecule has 2 aromatic rings. The van der Waals surface area contributed by atoms with Crippen LogP contribution in [0.15, 0.2) is 42.5 Å². The van der Waals surface area contributed by atoms with Crippen LogP contribution in [0.3, 0.4) is 0 Å². The summed E-state index contributed by atoms with van der Waals surface area (Å²) >= 11 is 0. The SMILES string of the molecule is CCc1ccc(-c2ccccc2)c(C(C)=O)c1O. The Bertz CT molecular complexity index is 571. The molecule has 0 aliphatic rings. The lowest BCUT2D eigenvalue weighted by atomic mass is 9.93. The van der Waals surface area contributed by atoms with Gasteiger partial charge in [0.2, 0.25) is 0 Å². The van der Waals surface area contributed by atoms with Crippen molar-refractivity contribution in [3.05, 3.63) is 53.6 Å². The van der Waals surface area contributed by atoms with Crippen molar-refractivity contribution in [2.75, 3.05) is 0 Å². The summed E-state index contributed by atoms with van der Waals surface area (Å²) in [7, 11) is 0. The number of Topliss-reactive ketones (excluding diaryl/α,β-unsaturated/α-hetero) is 1. The molecular weight excluding hydrogens is 224 g/mol. The van der Waals surface area contributed by atoms with Crippen LogP contribution in [0.2, 0.25) is 0 Å². The van der Waals surface area contributed by atoms with Crippen LogP contribution in [0.5, 0.6) is 5.75 Å². The van der Waals surface area contributed by atoms with Gasteiger partial charge in [-0.25, -0.2) is 0 Å². The normalized spacial score (nSPS) is 10.3. The van der Waals surface area contributed by atoms with Crippen molar-refractivity contribution < 1.29 is 9.90 Å². The van der Waals surface area contributed by atoms with Gasteiger partial charge >= 0.3 is 0 Å². The molecule has 2 nitrogen and oxygen atoms in total. The third-order valence-electron chi connectivity index (χ3n) is 3.08. The molecule has 0 atom stereocenters. The minimum Gasteiger partial charge on any atom is -0.507 e. The van der Waals surface area contributed by atoms with Gasteiger partial charge < -0.3 is 5.11 Å². The highest BCUT2D eigenvalue weighted by Crippen LogP contribution is 2.33. The third-order valence-corrected chi connectivity index (χ3v) is 3.08. The first kappa shape index (κ1) is 12.4. The first-order chi connectivity index (χ1) is 8.65. The van der Waals surface area contributed by atoms with E-state index in [1.165, 1.54) is 6.92 Å². The Morgan fingerprint density at radius 2 is 1.78 bits per heavy atom. The molecular formula is C16H16O2. The molecule has 92 valence electrons. The minimum absolute atomic E-state index is 0.110. The molecule has 0 aliphatic heterocycles. The lowest BCUT2D eigenvalue weighted by molar-refractivity contribution is 0.101. The van der Waals surface area contributed by atoms with E-state index in [1.807, 2.05) is 49.4 Å². The van der Waals surface area contributed by atoms with Crippen LogP contribution >= 0.6 is 0 Å². The van der Waals surface area contributed by atoms with E-state index in [4.69, 9.17) is 0 Å².